The lowest BCUT2D eigenvalue weighted by Crippen LogP contribution is -2.21. The first-order chi connectivity index (χ1) is 10.3. The Labute approximate surface area is 123 Å². The van der Waals surface area contributed by atoms with E-state index in [1.807, 2.05) is 4.98 Å². The molecular weight excluding hydrogens is 301 g/mol. The van der Waals surface area contributed by atoms with Gasteiger partial charge in [-0.05, 0) is 18.1 Å². The largest absolute Gasteiger partial charge is 0.417 e. The van der Waals surface area contributed by atoms with Crippen molar-refractivity contribution in [1.82, 2.24) is 14.8 Å². The molecular formula is C13H13F3N4O2. The number of carbonyl (C=O) groups excluding carboxylic acids is 1. The van der Waals surface area contributed by atoms with Crippen molar-refractivity contribution in [2.75, 3.05) is 5.32 Å². The maximum Gasteiger partial charge on any atom is 0.417 e. The van der Waals surface area contributed by atoms with Gasteiger partial charge in [-0.15, -0.1) is 0 Å². The van der Waals surface area contributed by atoms with Gasteiger partial charge < -0.3 is 10.3 Å². The Balaban J connectivity index is 2.03. The molecule has 118 valence electrons. The average molecular weight is 314 g/mol. The van der Waals surface area contributed by atoms with Crippen LogP contribution in [0.5, 0.6) is 0 Å². The summed E-state index contributed by atoms with van der Waals surface area (Å²) < 4.78 is 39.3. The number of nitrogens with zero attached hydrogens (tertiary/aromatic N) is 2. The van der Waals surface area contributed by atoms with E-state index in [1.165, 1.54) is 0 Å². The third kappa shape index (κ3) is 3.96. The zero-order chi connectivity index (χ0) is 16.3. The number of aromatic nitrogens is 3. The van der Waals surface area contributed by atoms with Crippen LogP contribution in [-0.4, -0.2) is 20.7 Å². The third-order valence-corrected chi connectivity index (χ3v) is 2.90. The van der Waals surface area contributed by atoms with Crippen LogP contribution >= 0.6 is 0 Å². The van der Waals surface area contributed by atoms with Gasteiger partial charge in [0.2, 0.25) is 5.91 Å². The fourth-order valence-corrected chi connectivity index (χ4v) is 1.81. The number of pyridine rings is 1. The minimum atomic E-state index is -4.60. The van der Waals surface area contributed by atoms with E-state index in [0.717, 1.165) is 5.56 Å². The summed E-state index contributed by atoms with van der Waals surface area (Å²) in [7, 11) is 1.73. The van der Waals surface area contributed by atoms with E-state index in [0.29, 0.717) is 18.7 Å². The molecule has 2 aromatic heterocycles. The molecule has 0 atom stereocenters. The molecule has 0 bridgehead atoms. The monoisotopic (exact) mass is 314 g/mol. The summed E-state index contributed by atoms with van der Waals surface area (Å²) in [6.45, 7) is 0. The van der Waals surface area contributed by atoms with Gasteiger partial charge in [-0.2, -0.15) is 18.3 Å². The lowest BCUT2D eigenvalue weighted by atomic mass is 10.2. The number of nitrogens with one attached hydrogen (secondary N) is 2. The first-order valence-corrected chi connectivity index (χ1v) is 6.33. The molecule has 2 heterocycles. The molecule has 0 aliphatic carbocycles. The van der Waals surface area contributed by atoms with Gasteiger partial charge in [-0.1, -0.05) is 0 Å². The van der Waals surface area contributed by atoms with Crippen LogP contribution in [0.4, 0.5) is 18.9 Å². The van der Waals surface area contributed by atoms with Gasteiger partial charge in [0, 0.05) is 25.9 Å². The van der Waals surface area contributed by atoms with Gasteiger partial charge in [0.05, 0.1) is 11.8 Å². The molecule has 0 aliphatic heterocycles. The van der Waals surface area contributed by atoms with Crippen LogP contribution in [0.15, 0.2) is 29.5 Å². The maximum atomic E-state index is 12.6. The van der Waals surface area contributed by atoms with E-state index in [-0.39, 0.29) is 6.42 Å². The number of alkyl halides is 3. The van der Waals surface area contributed by atoms with Gasteiger partial charge in [0.1, 0.15) is 5.69 Å². The van der Waals surface area contributed by atoms with E-state index in [2.05, 4.69) is 10.4 Å². The Morgan fingerprint density at radius 1 is 1.45 bits per heavy atom. The fourth-order valence-electron chi connectivity index (χ4n) is 1.81. The number of hydrogen-bond donors (Lipinski definition) is 2. The number of carbonyl (C=O) groups is 1. The molecule has 0 saturated carbocycles. The Hall–Kier alpha value is -2.58. The van der Waals surface area contributed by atoms with Gasteiger partial charge in [-0.3, -0.25) is 14.3 Å². The van der Waals surface area contributed by atoms with Crippen molar-refractivity contribution in [2.45, 2.75) is 19.0 Å². The van der Waals surface area contributed by atoms with Crippen molar-refractivity contribution in [2.24, 2.45) is 7.05 Å². The maximum absolute atomic E-state index is 12.6. The minimum absolute atomic E-state index is 0.0291. The Kier molecular flexibility index (Phi) is 4.34. The molecule has 6 nitrogen and oxygen atoms in total. The topological polar surface area (TPSA) is 79.8 Å². The molecule has 22 heavy (non-hydrogen) atoms. The zero-order valence-corrected chi connectivity index (χ0v) is 11.6. The second-order valence-electron chi connectivity index (χ2n) is 4.70. The predicted molar refractivity (Wildman–Crippen MR) is 72.2 cm³/mol. The number of rotatable bonds is 4. The molecule has 2 aromatic rings. The smallest absolute Gasteiger partial charge is 0.327 e. The molecule has 0 saturated heterocycles. The Bertz CT molecular complexity index is 733. The van der Waals surface area contributed by atoms with Crippen LogP contribution in [0.1, 0.15) is 17.5 Å². The second-order valence-corrected chi connectivity index (χ2v) is 4.70. The van der Waals surface area contributed by atoms with Crippen LogP contribution in [0, 0.1) is 0 Å². The summed E-state index contributed by atoms with van der Waals surface area (Å²) in [5.41, 5.74) is -1.43. The summed E-state index contributed by atoms with van der Waals surface area (Å²) in [6.07, 6.45) is -0.320. The standard InChI is InChI=1S/C13H13F3N4O2/c1-20-7-8(5-18-20)2-3-11(21)19-10-4-9(13(14,15)16)6-17-12(10)22/h4-7H,2-3H2,1H3,(H,17,22)(H,19,21). The highest BCUT2D eigenvalue weighted by Crippen LogP contribution is 2.29. The molecule has 0 radical (unpaired) electrons. The SMILES string of the molecule is Cn1cc(CCC(=O)Nc2cc(C(F)(F)F)c[nH]c2=O)cn1. The number of hydrogen-bond acceptors (Lipinski definition) is 3. The van der Waals surface area contributed by atoms with E-state index >= 15 is 0 Å². The van der Waals surface area contributed by atoms with Crippen LogP contribution < -0.4 is 10.9 Å². The van der Waals surface area contributed by atoms with Gasteiger partial charge in [0.25, 0.3) is 5.56 Å². The van der Waals surface area contributed by atoms with Crippen LogP contribution in [-0.2, 0) is 24.4 Å². The van der Waals surface area contributed by atoms with E-state index in [9.17, 15) is 22.8 Å². The number of aromatic amines is 1. The van der Waals surface area contributed by atoms with Crippen LogP contribution in [0.25, 0.3) is 0 Å². The fraction of sp³-hybridized carbons (Fsp3) is 0.308. The molecule has 9 heteroatoms. The molecule has 1 amide bonds. The first kappa shape index (κ1) is 15.8. The summed E-state index contributed by atoms with van der Waals surface area (Å²) in [6, 6.07) is 0.612. The molecule has 0 aliphatic rings. The minimum Gasteiger partial charge on any atom is -0.327 e. The molecule has 0 aromatic carbocycles. The predicted octanol–water partition coefficient (Wildman–Crippen LogP) is 1.70. The van der Waals surface area contributed by atoms with Crippen molar-refractivity contribution in [3.05, 3.63) is 46.1 Å². The molecule has 0 fully saturated rings. The van der Waals surface area contributed by atoms with Gasteiger partial charge in [0.15, 0.2) is 0 Å². The van der Waals surface area contributed by atoms with E-state index in [1.54, 1.807) is 24.1 Å². The van der Waals surface area contributed by atoms with Crippen molar-refractivity contribution in [1.29, 1.82) is 0 Å². The summed E-state index contributed by atoms with van der Waals surface area (Å²) >= 11 is 0. The van der Waals surface area contributed by atoms with Gasteiger partial charge >= 0.3 is 6.18 Å². The number of amides is 1. The lowest BCUT2D eigenvalue weighted by Gasteiger charge is -2.09. The second kappa shape index (κ2) is 6.04. The number of aryl methyl sites for hydroxylation is 2. The third-order valence-electron chi connectivity index (χ3n) is 2.90. The average Bonchev–Trinajstić information content (AvgIpc) is 2.83. The molecule has 2 N–H and O–H groups in total. The summed E-state index contributed by atoms with van der Waals surface area (Å²) in [5.74, 6) is -0.548. The lowest BCUT2D eigenvalue weighted by molar-refractivity contribution is -0.137. The quantitative estimate of drug-likeness (QED) is 0.901. The molecule has 0 unspecified atom stereocenters. The first-order valence-electron chi connectivity index (χ1n) is 6.33. The Morgan fingerprint density at radius 2 is 2.18 bits per heavy atom. The van der Waals surface area contributed by atoms with E-state index < -0.39 is 28.9 Å². The Morgan fingerprint density at radius 3 is 2.77 bits per heavy atom. The van der Waals surface area contributed by atoms with Crippen molar-refractivity contribution in [3.63, 3.8) is 0 Å². The van der Waals surface area contributed by atoms with Crippen LogP contribution in [0.2, 0.25) is 0 Å². The van der Waals surface area contributed by atoms with Crippen molar-refractivity contribution < 1.29 is 18.0 Å². The highest BCUT2D eigenvalue weighted by molar-refractivity contribution is 5.90. The zero-order valence-electron chi connectivity index (χ0n) is 11.6. The molecule has 0 spiro atoms. The normalized spacial score (nSPS) is 11.5. The summed E-state index contributed by atoms with van der Waals surface area (Å²) in [4.78, 5) is 25.1. The van der Waals surface area contributed by atoms with Crippen molar-refractivity contribution in [3.8, 4) is 0 Å². The van der Waals surface area contributed by atoms with Crippen molar-refractivity contribution >= 4 is 11.6 Å². The highest BCUT2D eigenvalue weighted by atomic mass is 19.4. The van der Waals surface area contributed by atoms with Crippen LogP contribution in [0.3, 0.4) is 0 Å². The van der Waals surface area contributed by atoms with E-state index in [4.69, 9.17) is 0 Å². The highest BCUT2D eigenvalue weighted by Gasteiger charge is 2.31. The number of H-pyrrole nitrogens is 1. The molecule has 2 rings (SSSR count). The number of anilines is 1. The van der Waals surface area contributed by atoms with Gasteiger partial charge in [-0.25, -0.2) is 0 Å². The summed E-state index contributed by atoms with van der Waals surface area (Å²) in [5, 5.41) is 6.13. The number of halogens is 3.